The fourth-order valence-electron chi connectivity index (χ4n) is 4.37. The van der Waals surface area contributed by atoms with E-state index < -0.39 is 11.6 Å². The van der Waals surface area contributed by atoms with Gasteiger partial charge in [-0.3, -0.25) is 4.79 Å². The van der Waals surface area contributed by atoms with Crippen molar-refractivity contribution in [2.24, 2.45) is 0 Å². The summed E-state index contributed by atoms with van der Waals surface area (Å²) in [5.41, 5.74) is 3.29. The minimum absolute atomic E-state index is 0.0267. The Labute approximate surface area is 182 Å². The number of carbonyl (C=O) groups is 2. The molecule has 1 saturated heterocycles. The van der Waals surface area contributed by atoms with E-state index in [-0.39, 0.29) is 11.5 Å². The molecule has 1 fully saturated rings. The van der Waals surface area contributed by atoms with Gasteiger partial charge in [-0.1, -0.05) is 12.1 Å². The summed E-state index contributed by atoms with van der Waals surface area (Å²) in [6, 6.07) is 12.7. The summed E-state index contributed by atoms with van der Waals surface area (Å²) in [6.07, 6.45) is 3.80. The number of amides is 1. The summed E-state index contributed by atoms with van der Waals surface area (Å²) in [7, 11) is 0. The van der Waals surface area contributed by atoms with Crippen LogP contribution >= 0.6 is 0 Å². The Bertz CT molecular complexity index is 1020. The highest BCUT2D eigenvalue weighted by Gasteiger charge is 2.37. The first-order chi connectivity index (χ1) is 15.0. The lowest BCUT2D eigenvalue weighted by Gasteiger charge is -2.40. The average Bonchev–Trinajstić information content (AvgIpc) is 2.79. The number of rotatable bonds is 5. The Balaban J connectivity index is 1.75. The number of fused-ring (bicyclic) bond motifs is 1. The number of piperidine rings is 1. The van der Waals surface area contributed by atoms with Crippen molar-refractivity contribution in [2.45, 2.75) is 32.3 Å². The molecule has 0 radical (unpaired) electrons. The number of aromatic carboxylic acids is 1. The van der Waals surface area contributed by atoms with Crippen molar-refractivity contribution < 1.29 is 19.4 Å². The van der Waals surface area contributed by atoms with Crippen LogP contribution in [-0.2, 0) is 0 Å². The van der Waals surface area contributed by atoms with Crippen LogP contribution in [0.5, 0.6) is 5.75 Å². The van der Waals surface area contributed by atoms with Crippen molar-refractivity contribution in [1.29, 1.82) is 0 Å². The number of benzene rings is 2. The van der Waals surface area contributed by atoms with Crippen LogP contribution < -0.4 is 10.1 Å². The number of carboxylic acid groups (broad SMARTS) is 1. The van der Waals surface area contributed by atoms with Crippen molar-refractivity contribution in [3.05, 3.63) is 70.8 Å². The standard InChI is InChI=1S/C25H28N2O4/c1-3-27(4-2)23(28)18-7-5-17(6-8-18)21-16-25(11-13-26-14-12-25)31-22-15-19(24(29)30)9-10-20(21)22/h5-10,15-16,26H,3-4,11-14H2,1-2H3,(H,29,30). The van der Waals surface area contributed by atoms with E-state index >= 15 is 0 Å². The van der Waals surface area contributed by atoms with Crippen LogP contribution in [0.3, 0.4) is 0 Å². The highest BCUT2D eigenvalue weighted by molar-refractivity contribution is 5.95. The molecule has 2 heterocycles. The van der Waals surface area contributed by atoms with Crippen molar-refractivity contribution in [3.63, 3.8) is 0 Å². The van der Waals surface area contributed by atoms with E-state index in [1.807, 2.05) is 44.2 Å². The van der Waals surface area contributed by atoms with Gasteiger partial charge < -0.3 is 20.1 Å². The molecular formula is C25H28N2O4. The second kappa shape index (κ2) is 8.55. The molecule has 1 amide bonds. The van der Waals surface area contributed by atoms with Crippen LogP contribution in [0.25, 0.3) is 5.57 Å². The van der Waals surface area contributed by atoms with Crippen molar-refractivity contribution in [1.82, 2.24) is 10.2 Å². The maximum absolute atomic E-state index is 12.7. The van der Waals surface area contributed by atoms with Crippen LogP contribution in [0.2, 0.25) is 0 Å². The van der Waals surface area contributed by atoms with Gasteiger partial charge in [0.05, 0.1) is 5.56 Å². The number of nitrogens with one attached hydrogen (secondary N) is 1. The summed E-state index contributed by atoms with van der Waals surface area (Å²) >= 11 is 0. The highest BCUT2D eigenvalue weighted by Crippen LogP contribution is 2.43. The summed E-state index contributed by atoms with van der Waals surface area (Å²) in [4.78, 5) is 26.0. The molecule has 0 unspecified atom stereocenters. The van der Waals surface area contributed by atoms with Crippen molar-refractivity contribution in [2.75, 3.05) is 26.2 Å². The SMILES string of the molecule is CCN(CC)C(=O)c1ccc(C2=CC3(CCNCC3)Oc3cc(C(=O)O)ccc32)cc1. The third kappa shape index (κ3) is 4.08. The topological polar surface area (TPSA) is 78.9 Å². The van der Waals surface area contributed by atoms with E-state index in [2.05, 4.69) is 11.4 Å². The molecule has 0 aliphatic carbocycles. The Morgan fingerprint density at radius 1 is 1.03 bits per heavy atom. The molecule has 0 saturated carbocycles. The average molecular weight is 421 g/mol. The monoisotopic (exact) mass is 420 g/mol. The van der Waals surface area contributed by atoms with Gasteiger partial charge in [0.25, 0.3) is 5.91 Å². The van der Waals surface area contributed by atoms with Gasteiger partial charge in [-0.15, -0.1) is 0 Å². The molecule has 0 atom stereocenters. The van der Waals surface area contributed by atoms with Gasteiger partial charge in [0.15, 0.2) is 0 Å². The van der Waals surface area contributed by atoms with E-state index in [0.717, 1.165) is 42.6 Å². The normalized spacial score (nSPS) is 16.8. The van der Waals surface area contributed by atoms with Gasteiger partial charge in [0.2, 0.25) is 0 Å². The summed E-state index contributed by atoms with van der Waals surface area (Å²) < 4.78 is 6.38. The Kier molecular flexibility index (Phi) is 5.83. The lowest BCUT2D eigenvalue weighted by atomic mass is 9.83. The Morgan fingerprint density at radius 3 is 2.29 bits per heavy atom. The second-order valence-corrected chi connectivity index (χ2v) is 8.05. The molecule has 162 valence electrons. The molecule has 6 nitrogen and oxygen atoms in total. The zero-order valence-corrected chi connectivity index (χ0v) is 18.0. The molecule has 2 aromatic carbocycles. The number of carbonyl (C=O) groups excluding carboxylic acids is 1. The molecule has 0 aromatic heterocycles. The fraction of sp³-hybridized carbons (Fsp3) is 0.360. The summed E-state index contributed by atoms with van der Waals surface area (Å²) in [6.45, 7) is 6.99. The van der Waals surface area contributed by atoms with Gasteiger partial charge in [-0.2, -0.15) is 0 Å². The zero-order chi connectivity index (χ0) is 22.0. The minimum Gasteiger partial charge on any atom is -0.482 e. The molecule has 1 spiro atoms. The molecule has 31 heavy (non-hydrogen) atoms. The predicted molar refractivity (Wildman–Crippen MR) is 120 cm³/mol. The minimum atomic E-state index is -0.971. The summed E-state index contributed by atoms with van der Waals surface area (Å²) in [5, 5.41) is 12.8. The van der Waals surface area contributed by atoms with Gasteiger partial charge in [0.1, 0.15) is 11.4 Å². The number of hydrogen-bond acceptors (Lipinski definition) is 4. The van der Waals surface area contributed by atoms with Gasteiger partial charge >= 0.3 is 5.97 Å². The molecule has 4 rings (SSSR count). The number of carboxylic acids is 1. The Hall–Kier alpha value is -3.12. The number of nitrogens with zero attached hydrogens (tertiary/aromatic N) is 1. The molecule has 2 aliphatic rings. The van der Waals surface area contributed by atoms with E-state index in [1.54, 1.807) is 17.0 Å². The number of ether oxygens (including phenoxy) is 1. The van der Waals surface area contributed by atoms with E-state index in [9.17, 15) is 14.7 Å². The number of hydrogen-bond donors (Lipinski definition) is 2. The summed E-state index contributed by atoms with van der Waals surface area (Å²) in [5.74, 6) is -0.345. The lowest BCUT2D eigenvalue weighted by molar-refractivity contribution is 0.0687. The van der Waals surface area contributed by atoms with Gasteiger partial charge in [-0.05, 0) is 74.5 Å². The molecular weight excluding hydrogens is 392 g/mol. The van der Waals surface area contributed by atoms with Crippen LogP contribution in [0, 0.1) is 0 Å². The quantitative estimate of drug-likeness (QED) is 0.769. The van der Waals surface area contributed by atoms with Crippen LogP contribution in [-0.4, -0.2) is 53.7 Å². The van der Waals surface area contributed by atoms with Gasteiger partial charge in [0, 0.05) is 37.1 Å². The van der Waals surface area contributed by atoms with E-state index in [0.29, 0.717) is 24.4 Å². The molecule has 0 bridgehead atoms. The molecule has 6 heteroatoms. The Morgan fingerprint density at radius 2 is 1.68 bits per heavy atom. The first-order valence-corrected chi connectivity index (χ1v) is 10.9. The largest absolute Gasteiger partial charge is 0.482 e. The molecule has 2 N–H and O–H groups in total. The van der Waals surface area contributed by atoms with E-state index in [1.165, 1.54) is 0 Å². The third-order valence-corrected chi connectivity index (χ3v) is 6.18. The third-order valence-electron chi connectivity index (χ3n) is 6.18. The lowest BCUT2D eigenvalue weighted by Crippen LogP contribution is -2.46. The first-order valence-electron chi connectivity index (χ1n) is 10.9. The molecule has 2 aliphatic heterocycles. The predicted octanol–water partition coefficient (Wildman–Crippen LogP) is 3.81. The van der Waals surface area contributed by atoms with Gasteiger partial charge in [-0.25, -0.2) is 4.79 Å². The van der Waals surface area contributed by atoms with Crippen molar-refractivity contribution in [3.8, 4) is 5.75 Å². The first kappa shape index (κ1) is 21.1. The fourth-order valence-corrected chi connectivity index (χ4v) is 4.37. The smallest absolute Gasteiger partial charge is 0.335 e. The van der Waals surface area contributed by atoms with E-state index in [4.69, 9.17) is 4.74 Å². The second-order valence-electron chi connectivity index (χ2n) is 8.05. The highest BCUT2D eigenvalue weighted by atomic mass is 16.5. The van der Waals surface area contributed by atoms with Crippen LogP contribution in [0.4, 0.5) is 0 Å². The molecule has 2 aromatic rings. The maximum Gasteiger partial charge on any atom is 0.335 e. The zero-order valence-electron chi connectivity index (χ0n) is 18.0. The van der Waals surface area contributed by atoms with Crippen molar-refractivity contribution >= 4 is 17.4 Å². The maximum atomic E-state index is 12.7. The van der Waals surface area contributed by atoms with Crippen LogP contribution in [0.15, 0.2) is 48.5 Å². The van der Waals surface area contributed by atoms with Crippen LogP contribution in [0.1, 0.15) is 58.5 Å².